The Balaban J connectivity index is 1.96. The molecule has 17 heavy (non-hydrogen) atoms. The highest BCUT2D eigenvalue weighted by molar-refractivity contribution is 6.30. The lowest BCUT2D eigenvalue weighted by Crippen LogP contribution is -2.33. The zero-order valence-corrected chi connectivity index (χ0v) is 10.5. The Bertz CT molecular complexity index is 346. The molecule has 0 aromatic carbocycles. The lowest BCUT2D eigenvalue weighted by atomic mass is 10.4. The quantitative estimate of drug-likeness (QED) is 0.860. The highest BCUT2D eigenvalue weighted by Crippen LogP contribution is 2.12. The van der Waals surface area contributed by atoms with E-state index in [1.54, 1.807) is 12.4 Å². The predicted octanol–water partition coefficient (Wildman–Crippen LogP) is 0.634. The van der Waals surface area contributed by atoms with Gasteiger partial charge in [0, 0.05) is 26.2 Å². The number of hydrogen-bond acceptors (Lipinski definition) is 5. The third-order valence-corrected chi connectivity index (χ3v) is 3.09. The van der Waals surface area contributed by atoms with Crippen LogP contribution in [0.4, 0.5) is 5.95 Å². The summed E-state index contributed by atoms with van der Waals surface area (Å²) in [5, 5.41) is 9.49. The Kier molecular flexibility index (Phi) is 4.53. The molecule has 6 heteroatoms. The van der Waals surface area contributed by atoms with Crippen LogP contribution in [0, 0.1) is 0 Å². The molecule has 0 spiro atoms. The number of aliphatic hydroxyl groups is 1. The molecule has 0 unspecified atom stereocenters. The molecular weight excluding hydrogens is 240 g/mol. The fourth-order valence-corrected chi connectivity index (χ4v) is 2.10. The molecule has 0 bridgehead atoms. The molecule has 0 saturated carbocycles. The summed E-state index contributed by atoms with van der Waals surface area (Å²) in [4.78, 5) is 12.9. The first-order valence-electron chi connectivity index (χ1n) is 5.85. The van der Waals surface area contributed by atoms with Gasteiger partial charge in [-0.2, -0.15) is 0 Å². The van der Waals surface area contributed by atoms with Crippen LogP contribution in [0.15, 0.2) is 12.4 Å². The van der Waals surface area contributed by atoms with E-state index in [4.69, 9.17) is 16.7 Å². The smallest absolute Gasteiger partial charge is 0.225 e. The zero-order valence-electron chi connectivity index (χ0n) is 9.72. The lowest BCUT2D eigenvalue weighted by molar-refractivity contribution is 0.204. The van der Waals surface area contributed by atoms with E-state index in [1.807, 2.05) is 0 Å². The van der Waals surface area contributed by atoms with Crippen LogP contribution in [-0.4, -0.2) is 59.3 Å². The van der Waals surface area contributed by atoms with Crippen LogP contribution in [0.3, 0.4) is 0 Å². The highest BCUT2D eigenvalue weighted by Gasteiger charge is 2.16. The number of rotatable bonds is 3. The Morgan fingerprint density at radius 1 is 1.18 bits per heavy atom. The largest absolute Gasteiger partial charge is 0.395 e. The first-order valence-corrected chi connectivity index (χ1v) is 6.23. The van der Waals surface area contributed by atoms with Crippen LogP contribution in [-0.2, 0) is 0 Å². The predicted molar refractivity (Wildman–Crippen MR) is 67.4 cm³/mol. The Morgan fingerprint density at radius 2 is 1.94 bits per heavy atom. The second-order valence-corrected chi connectivity index (χ2v) is 4.54. The van der Waals surface area contributed by atoms with Gasteiger partial charge in [0.2, 0.25) is 5.95 Å². The average Bonchev–Trinajstić information content (AvgIpc) is 2.56. The first kappa shape index (κ1) is 12.5. The molecule has 5 nitrogen and oxygen atoms in total. The SMILES string of the molecule is OCCN1CCCN(c2ncc(Cl)cn2)CC1. The number of anilines is 1. The molecule has 1 aromatic heterocycles. The fourth-order valence-electron chi connectivity index (χ4n) is 2.00. The molecule has 1 aliphatic heterocycles. The van der Waals surface area contributed by atoms with Crippen LogP contribution in [0.2, 0.25) is 5.02 Å². The molecule has 1 N–H and O–H groups in total. The van der Waals surface area contributed by atoms with Crippen molar-refractivity contribution in [2.45, 2.75) is 6.42 Å². The number of aliphatic hydroxyl groups excluding tert-OH is 1. The maximum Gasteiger partial charge on any atom is 0.225 e. The first-order chi connectivity index (χ1) is 8.29. The number of halogens is 1. The summed E-state index contributed by atoms with van der Waals surface area (Å²) in [6, 6.07) is 0. The van der Waals surface area contributed by atoms with Gasteiger partial charge in [-0.15, -0.1) is 0 Å². The summed E-state index contributed by atoms with van der Waals surface area (Å²) < 4.78 is 0. The Hall–Kier alpha value is -0.910. The molecule has 0 atom stereocenters. The van der Waals surface area contributed by atoms with Crippen molar-refractivity contribution in [1.82, 2.24) is 14.9 Å². The Morgan fingerprint density at radius 3 is 2.65 bits per heavy atom. The summed E-state index contributed by atoms with van der Waals surface area (Å²) in [5.41, 5.74) is 0. The van der Waals surface area contributed by atoms with Gasteiger partial charge in [-0.1, -0.05) is 11.6 Å². The molecule has 0 radical (unpaired) electrons. The van der Waals surface area contributed by atoms with Gasteiger partial charge in [-0.05, 0) is 13.0 Å². The van der Waals surface area contributed by atoms with Crippen molar-refractivity contribution in [2.75, 3.05) is 44.2 Å². The van der Waals surface area contributed by atoms with E-state index >= 15 is 0 Å². The van der Waals surface area contributed by atoms with Crippen LogP contribution in [0.5, 0.6) is 0 Å². The maximum absolute atomic E-state index is 8.93. The van der Waals surface area contributed by atoms with Crippen LogP contribution in [0.1, 0.15) is 6.42 Å². The van der Waals surface area contributed by atoms with Gasteiger partial charge in [-0.3, -0.25) is 4.90 Å². The van der Waals surface area contributed by atoms with E-state index in [2.05, 4.69) is 19.8 Å². The minimum Gasteiger partial charge on any atom is -0.395 e. The summed E-state index contributed by atoms with van der Waals surface area (Å²) in [6.45, 7) is 4.76. The molecule has 1 saturated heterocycles. The maximum atomic E-state index is 8.93. The van der Waals surface area contributed by atoms with Crippen molar-refractivity contribution < 1.29 is 5.11 Å². The average molecular weight is 257 g/mol. The molecule has 94 valence electrons. The van der Waals surface area contributed by atoms with Gasteiger partial charge < -0.3 is 10.0 Å². The van der Waals surface area contributed by atoms with Gasteiger partial charge in [0.05, 0.1) is 24.0 Å². The molecule has 1 aromatic rings. The minimum atomic E-state index is 0.220. The monoisotopic (exact) mass is 256 g/mol. The second kappa shape index (κ2) is 6.14. The fraction of sp³-hybridized carbons (Fsp3) is 0.636. The summed E-state index contributed by atoms with van der Waals surface area (Å²) in [7, 11) is 0. The molecule has 2 rings (SSSR count). The van der Waals surface area contributed by atoms with E-state index in [9.17, 15) is 0 Å². The standard InChI is InChI=1S/C11H17ClN4O/c12-10-8-13-11(14-9-10)16-3-1-2-15(4-5-16)6-7-17/h8-9,17H,1-7H2. The van der Waals surface area contributed by atoms with Crippen LogP contribution >= 0.6 is 11.6 Å². The highest BCUT2D eigenvalue weighted by atomic mass is 35.5. The van der Waals surface area contributed by atoms with E-state index < -0.39 is 0 Å². The van der Waals surface area contributed by atoms with Crippen molar-refractivity contribution >= 4 is 17.5 Å². The number of aromatic nitrogens is 2. The van der Waals surface area contributed by atoms with Gasteiger partial charge >= 0.3 is 0 Å². The zero-order chi connectivity index (χ0) is 12.1. The van der Waals surface area contributed by atoms with Crippen molar-refractivity contribution in [2.24, 2.45) is 0 Å². The van der Waals surface area contributed by atoms with Crippen molar-refractivity contribution in [1.29, 1.82) is 0 Å². The lowest BCUT2D eigenvalue weighted by Gasteiger charge is -2.21. The molecule has 1 fully saturated rings. The molecular formula is C11H17ClN4O. The third kappa shape index (κ3) is 3.52. The van der Waals surface area contributed by atoms with Crippen molar-refractivity contribution in [3.05, 3.63) is 17.4 Å². The van der Waals surface area contributed by atoms with Gasteiger partial charge in [-0.25, -0.2) is 9.97 Å². The van der Waals surface area contributed by atoms with Gasteiger partial charge in [0.25, 0.3) is 0 Å². The molecule has 0 aliphatic carbocycles. The molecule has 0 amide bonds. The van der Waals surface area contributed by atoms with Crippen molar-refractivity contribution in [3.63, 3.8) is 0 Å². The van der Waals surface area contributed by atoms with E-state index in [0.717, 1.165) is 45.1 Å². The summed E-state index contributed by atoms with van der Waals surface area (Å²) in [6.07, 6.45) is 4.31. The normalized spacial score (nSPS) is 18.1. The van der Waals surface area contributed by atoms with E-state index in [0.29, 0.717) is 5.02 Å². The number of β-amino-alcohol motifs (C(OH)–C–C–N with tert-alkyl or cyclic N) is 1. The summed E-state index contributed by atoms with van der Waals surface area (Å²) in [5.74, 6) is 0.736. The molecule has 2 heterocycles. The Labute approximate surface area is 106 Å². The van der Waals surface area contributed by atoms with Crippen LogP contribution in [0.25, 0.3) is 0 Å². The number of hydrogen-bond donors (Lipinski definition) is 1. The van der Waals surface area contributed by atoms with E-state index in [-0.39, 0.29) is 6.61 Å². The molecule has 1 aliphatic rings. The van der Waals surface area contributed by atoms with E-state index in [1.165, 1.54) is 0 Å². The van der Waals surface area contributed by atoms with Gasteiger partial charge in [0.1, 0.15) is 0 Å². The van der Waals surface area contributed by atoms with Crippen LogP contribution < -0.4 is 4.90 Å². The summed E-state index contributed by atoms with van der Waals surface area (Å²) >= 11 is 5.77. The van der Waals surface area contributed by atoms with Crippen molar-refractivity contribution in [3.8, 4) is 0 Å². The second-order valence-electron chi connectivity index (χ2n) is 4.11. The topological polar surface area (TPSA) is 52.5 Å². The minimum absolute atomic E-state index is 0.220. The number of nitrogens with zero attached hydrogens (tertiary/aromatic N) is 4. The van der Waals surface area contributed by atoms with Gasteiger partial charge in [0.15, 0.2) is 0 Å². The third-order valence-electron chi connectivity index (χ3n) is 2.89.